The van der Waals surface area contributed by atoms with E-state index in [1.54, 1.807) is 12.1 Å². The van der Waals surface area contributed by atoms with Crippen molar-refractivity contribution in [3.05, 3.63) is 41.5 Å². The third-order valence-corrected chi connectivity index (χ3v) is 4.29. The lowest BCUT2D eigenvalue weighted by atomic mass is 9.98. The van der Waals surface area contributed by atoms with E-state index in [1.165, 1.54) is 17.8 Å². The molecule has 3 rings (SSSR count). The maximum Gasteiger partial charge on any atom is 0.276 e. The van der Waals surface area contributed by atoms with Crippen LogP contribution in [0.4, 0.5) is 4.39 Å². The van der Waals surface area contributed by atoms with Crippen LogP contribution < -0.4 is 5.32 Å². The quantitative estimate of drug-likeness (QED) is 0.878. The number of thioether (sulfide) groups is 1. The molecule has 1 aromatic heterocycles. The van der Waals surface area contributed by atoms with Crippen molar-refractivity contribution in [2.75, 3.05) is 13.1 Å². The Morgan fingerprint density at radius 3 is 2.85 bits per heavy atom. The van der Waals surface area contributed by atoms with Crippen LogP contribution in [0.15, 0.2) is 33.9 Å². The summed E-state index contributed by atoms with van der Waals surface area (Å²) in [6.07, 6.45) is 2.05. The Kier molecular flexibility index (Phi) is 4.32. The lowest BCUT2D eigenvalue weighted by Gasteiger charge is -2.18. The van der Waals surface area contributed by atoms with E-state index in [-0.39, 0.29) is 5.82 Å². The smallest absolute Gasteiger partial charge is 0.276 e. The first-order chi connectivity index (χ1) is 9.83. The van der Waals surface area contributed by atoms with Crippen LogP contribution >= 0.6 is 11.8 Å². The fourth-order valence-corrected chi connectivity index (χ4v) is 3.02. The van der Waals surface area contributed by atoms with Crippen LogP contribution in [0.3, 0.4) is 0 Å². The molecule has 0 spiro atoms. The molecular weight excluding hydrogens is 277 g/mol. The van der Waals surface area contributed by atoms with E-state index in [2.05, 4.69) is 15.5 Å². The predicted molar refractivity (Wildman–Crippen MR) is 75.1 cm³/mol. The Morgan fingerprint density at radius 1 is 1.25 bits per heavy atom. The Balaban J connectivity index is 1.61. The first-order valence-electron chi connectivity index (χ1n) is 6.73. The topological polar surface area (TPSA) is 51.0 Å². The summed E-state index contributed by atoms with van der Waals surface area (Å²) in [7, 11) is 0. The second-order valence-electron chi connectivity index (χ2n) is 4.81. The monoisotopic (exact) mass is 293 g/mol. The molecule has 1 fully saturated rings. The van der Waals surface area contributed by atoms with Crippen LogP contribution in [0.5, 0.6) is 0 Å². The van der Waals surface area contributed by atoms with Gasteiger partial charge >= 0.3 is 0 Å². The van der Waals surface area contributed by atoms with Crippen LogP contribution in [-0.4, -0.2) is 23.3 Å². The molecule has 2 heterocycles. The Labute approximate surface area is 121 Å². The van der Waals surface area contributed by atoms with Gasteiger partial charge in [-0.25, -0.2) is 4.39 Å². The molecule has 0 radical (unpaired) electrons. The summed E-state index contributed by atoms with van der Waals surface area (Å²) in [5.41, 5.74) is 0.652. The lowest BCUT2D eigenvalue weighted by molar-refractivity contribution is 0.342. The SMILES string of the molecule is Fc1ccccc1CSc1nnc(C2CCNCC2)o1. The van der Waals surface area contributed by atoms with Crippen LogP contribution in [0.1, 0.15) is 30.2 Å². The van der Waals surface area contributed by atoms with Crippen LogP contribution in [-0.2, 0) is 5.75 Å². The molecule has 0 saturated carbocycles. The highest BCUT2D eigenvalue weighted by molar-refractivity contribution is 7.98. The fourth-order valence-electron chi connectivity index (χ4n) is 2.27. The van der Waals surface area contributed by atoms with E-state index >= 15 is 0 Å². The predicted octanol–water partition coefficient (Wildman–Crippen LogP) is 2.97. The molecule has 2 aromatic rings. The van der Waals surface area contributed by atoms with Gasteiger partial charge in [-0.05, 0) is 37.6 Å². The molecule has 0 amide bonds. The van der Waals surface area contributed by atoms with Crippen molar-refractivity contribution in [3.63, 3.8) is 0 Å². The fraction of sp³-hybridized carbons (Fsp3) is 0.429. The second kappa shape index (κ2) is 6.37. The number of rotatable bonds is 4. The van der Waals surface area contributed by atoms with Gasteiger partial charge in [0, 0.05) is 11.7 Å². The minimum Gasteiger partial charge on any atom is -0.416 e. The Morgan fingerprint density at radius 2 is 2.05 bits per heavy atom. The van der Waals surface area contributed by atoms with Crippen molar-refractivity contribution in [2.24, 2.45) is 0 Å². The van der Waals surface area contributed by atoms with Crippen molar-refractivity contribution in [1.82, 2.24) is 15.5 Å². The number of piperidine rings is 1. The lowest BCUT2D eigenvalue weighted by Crippen LogP contribution is -2.26. The standard InChI is InChI=1S/C14H16FN3OS/c15-12-4-2-1-3-11(12)9-20-14-18-17-13(19-14)10-5-7-16-8-6-10/h1-4,10,16H,5-9H2. The number of nitrogens with one attached hydrogen (secondary N) is 1. The van der Waals surface area contributed by atoms with Gasteiger partial charge < -0.3 is 9.73 Å². The zero-order valence-corrected chi connectivity index (χ0v) is 11.8. The molecule has 1 aliphatic rings. The van der Waals surface area contributed by atoms with Gasteiger partial charge in [0.1, 0.15) is 5.82 Å². The van der Waals surface area contributed by atoms with Gasteiger partial charge in [0.05, 0.1) is 0 Å². The Hall–Kier alpha value is -1.40. The first kappa shape index (κ1) is 13.6. The number of halogens is 1. The molecule has 0 bridgehead atoms. The normalized spacial score (nSPS) is 16.4. The number of aromatic nitrogens is 2. The van der Waals surface area contributed by atoms with Crippen LogP contribution in [0.25, 0.3) is 0 Å². The molecule has 1 aliphatic heterocycles. The zero-order valence-electron chi connectivity index (χ0n) is 11.0. The minimum absolute atomic E-state index is 0.196. The summed E-state index contributed by atoms with van der Waals surface area (Å²) in [4.78, 5) is 0. The van der Waals surface area contributed by atoms with Crippen molar-refractivity contribution >= 4 is 11.8 Å². The van der Waals surface area contributed by atoms with E-state index in [4.69, 9.17) is 4.42 Å². The number of benzene rings is 1. The molecule has 4 nitrogen and oxygen atoms in total. The molecule has 1 saturated heterocycles. The van der Waals surface area contributed by atoms with E-state index in [1.807, 2.05) is 6.07 Å². The van der Waals surface area contributed by atoms with Gasteiger partial charge in [0.25, 0.3) is 5.22 Å². The molecular formula is C14H16FN3OS. The first-order valence-corrected chi connectivity index (χ1v) is 7.72. The molecule has 0 unspecified atom stereocenters. The van der Waals surface area contributed by atoms with Crippen molar-refractivity contribution in [3.8, 4) is 0 Å². The molecule has 6 heteroatoms. The number of nitrogens with zero attached hydrogens (tertiary/aromatic N) is 2. The van der Waals surface area contributed by atoms with E-state index in [9.17, 15) is 4.39 Å². The third kappa shape index (κ3) is 3.19. The van der Waals surface area contributed by atoms with Gasteiger partial charge in [-0.1, -0.05) is 30.0 Å². The third-order valence-electron chi connectivity index (χ3n) is 3.42. The number of hydrogen-bond acceptors (Lipinski definition) is 5. The van der Waals surface area contributed by atoms with Crippen LogP contribution in [0.2, 0.25) is 0 Å². The van der Waals surface area contributed by atoms with E-state index in [0.29, 0.717) is 28.3 Å². The largest absolute Gasteiger partial charge is 0.416 e. The molecule has 106 valence electrons. The summed E-state index contributed by atoms with van der Waals surface area (Å²) in [5.74, 6) is 1.37. The van der Waals surface area contributed by atoms with Crippen molar-refractivity contribution < 1.29 is 8.81 Å². The maximum atomic E-state index is 13.5. The van der Waals surface area contributed by atoms with E-state index < -0.39 is 0 Å². The highest BCUT2D eigenvalue weighted by atomic mass is 32.2. The van der Waals surface area contributed by atoms with Gasteiger partial charge in [-0.15, -0.1) is 10.2 Å². The molecule has 1 N–H and O–H groups in total. The van der Waals surface area contributed by atoms with Gasteiger partial charge in [-0.3, -0.25) is 0 Å². The number of hydrogen-bond donors (Lipinski definition) is 1. The van der Waals surface area contributed by atoms with E-state index in [0.717, 1.165) is 25.9 Å². The summed E-state index contributed by atoms with van der Waals surface area (Å²) in [6, 6.07) is 6.75. The maximum absolute atomic E-state index is 13.5. The Bertz CT molecular complexity index is 569. The highest BCUT2D eigenvalue weighted by Crippen LogP contribution is 2.28. The van der Waals surface area contributed by atoms with Gasteiger partial charge in [-0.2, -0.15) is 0 Å². The van der Waals surface area contributed by atoms with Gasteiger partial charge in [0.2, 0.25) is 5.89 Å². The van der Waals surface area contributed by atoms with Gasteiger partial charge in [0.15, 0.2) is 0 Å². The van der Waals surface area contributed by atoms with Crippen molar-refractivity contribution in [2.45, 2.75) is 29.7 Å². The summed E-state index contributed by atoms with van der Waals surface area (Å²) in [6.45, 7) is 1.98. The summed E-state index contributed by atoms with van der Waals surface area (Å²) in [5, 5.41) is 12.0. The molecule has 0 atom stereocenters. The second-order valence-corrected chi connectivity index (χ2v) is 5.74. The average molecular weight is 293 g/mol. The van der Waals surface area contributed by atoms with Crippen LogP contribution in [0, 0.1) is 5.82 Å². The summed E-state index contributed by atoms with van der Waals surface area (Å²) >= 11 is 1.38. The molecule has 0 aliphatic carbocycles. The van der Waals surface area contributed by atoms with Crippen molar-refractivity contribution in [1.29, 1.82) is 0 Å². The minimum atomic E-state index is -0.196. The molecule has 20 heavy (non-hydrogen) atoms. The molecule has 1 aromatic carbocycles. The summed E-state index contributed by atoms with van der Waals surface area (Å²) < 4.78 is 19.2. The highest BCUT2D eigenvalue weighted by Gasteiger charge is 2.21. The zero-order chi connectivity index (χ0) is 13.8. The average Bonchev–Trinajstić information content (AvgIpc) is 2.96.